The number of hydrogen-bond acceptors (Lipinski definition) is 3. The monoisotopic (exact) mass is 360 g/mol. The molecular formula is C19H24N2O3S. The van der Waals surface area contributed by atoms with Crippen molar-refractivity contribution in [3.8, 4) is 0 Å². The molecule has 5 nitrogen and oxygen atoms in total. The van der Waals surface area contributed by atoms with Gasteiger partial charge in [0.15, 0.2) is 0 Å². The van der Waals surface area contributed by atoms with E-state index in [1.807, 2.05) is 38.1 Å². The van der Waals surface area contributed by atoms with Gasteiger partial charge in [-0.2, -0.15) is 0 Å². The lowest BCUT2D eigenvalue weighted by atomic mass is 10.0. The predicted molar refractivity (Wildman–Crippen MR) is 99.1 cm³/mol. The summed E-state index contributed by atoms with van der Waals surface area (Å²) in [7, 11) is -0.537. The van der Waals surface area contributed by atoms with Crippen LogP contribution in [-0.4, -0.2) is 33.3 Å². The number of amides is 1. The molecule has 0 bridgehead atoms. The SMILES string of the molecule is CNS(=O)(=O)c1cc(C(=O)N(C)Cc2ccccc2C)cc(C)c1C. The second-order valence-corrected chi connectivity index (χ2v) is 8.07. The lowest BCUT2D eigenvalue weighted by Crippen LogP contribution is -2.27. The first-order valence-electron chi connectivity index (χ1n) is 8.02. The average molecular weight is 360 g/mol. The van der Waals surface area contributed by atoms with Crippen LogP contribution in [-0.2, 0) is 16.6 Å². The van der Waals surface area contributed by atoms with Crippen LogP contribution in [0.3, 0.4) is 0 Å². The third-order valence-corrected chi connectivity index (χ3v) is 5.98. The molecule has 25 heavy (non-hydrogen) atoms. The standard InChI is InChI=1S/C19H24N2O3S/c1-13-8-6-7-9-16(13)12-21(5)19(22)17-10-14(2)15(3)18(11-17)25(23,24)20-4/h6-11,20H,12H2,1-5H3. The van der Waals surface area contributed by atoms with Gasteiger partial charge in [0.25, 0.3) is 5.91 Å². The van der Waals surface area contributed by atoms with Gasteiger partial charge in [-0.1, -0.05) is 24.3 Å². The highest BCUT2D eigenvalue weighted by molar-refractivity contribution is 7.89. The average Bonchev–Trinajstić information content (AvgIpc) is 2.58. The van der Waals surface area contributed by atoms with Gasteiger partial charge in [0.05, 0.1) is 4.90 Å². The van der Waals surface area contributed by atoms with Crippen LogP contribution in [0, 0.1) is 20.8 Å². The third-order valence-electron chi connectivity index (χ3n) is 4.44. The minimum Gasteiger partial charge on any atom is -0.337 e. The maximum atomic E-state index is 12.8. The van der Waals surface area contributed by atoms with Crippen LogP contribution in [0.5, 0.6) is 0 Å². The van der Waals surface area contributed by atoms with Crippen LogP contribution in [0.25, 0.3) is 0 Å². The van der Waals surface area contributed by atoms with Crippen molar-refractivity contribution in [1.82, 2.24) is 9.62 Å². The number of sulfonamides is 1. The maximum absolute atomic E-state index is 12.8. The molecule has 0 unspecified atom stereocenters. The van der Waals surface area contributed by atoms with E-state index in [1.54, 1.807) is 24.9 Å². The first-order chi connectivity index (χ1) is 11.7. The molecule has 0 aromatic heterocycles. The number of hydrogen-bond donors (Lipinski definition) is 1. The summed E-state index contributed by atoms with van der Waals surface area (Å²) >= 11 is 0. The van der Waals surface area contributed by atoms with Gasteiger partial charge in [-0.3, -0.25) is 4.79 Å². The molecule has 0 saturated carbocycles. The fraction of sp³-hybridized carbons (Fsp3) is 0.316. The Morgan fingerprint density at radius 1 is 1.08 bits per heavy atom. The highest BCUT2D eigenvalue weighted by Crippen LogP contribution is 2.22. The first-order valence-corrected chi connectivity index (χ1v) is 9.50. The molecule has 0 heterocycles. The molecule has 134 valence electrons. The highest BCUT2D eigenvalue weighted by atomic mass is 32.2. The van der Waals surface area contributed by atoms with Gasteiger partial charge in [0, 0.05) is 19.2 Å². The largest absolute Gasteiger partial charge is 0.337 e. The Kier molecular flexibility index (Phi) is 5.65. The summed E-state index contributed by atoms with van der Waals surface area (Å²) < 4.78 is 26.8. The summed E-state index contributed by atoms with van der Waals surface area (Å²) in [5.74, 6) is -0.209. The van der Waals surface area contributed by atoms with Gasteiger partial charge in [-0.15, -0.1) is 0 Å². The molecule has 2 rings (SSSR count). The second kappa shape index (κ2) is 7.37. The van der Waals surface area contributed by atoms with Crippen LogP contribution in [0.1, 0.15) is 32.6 Å². The molecular weight excluding hydrogens is 336 g/mol. The van der Waals surface area contributed by atoms with Crippen LogP contribution >= 0.6 is 0 Å². The van der Waals surface area contributed by atoms with Gasteiger partial charge in [0.2, 0.25) is 10.0 Å². The molecule has 1 amide bonds. The Morgan fingerprint density at radius 2 is 1.72 bits per heavy atom. The summed E-state index contributed by atoms with van der Waals surface area (Å²) in [6.45, 7) is 6.01. The molecule has 0 aliphatic rings. The Morgan fingerprint density at radius 3 is 2.32 bits per heavy atom. The van der Waals surface area contributed by atoms with Gasteiger partial charge in [-0.25, -0.2) is 13.1 Å². The molecule has 0 atom stereocenters. The summed E-state index contributed by atoms with van der Waals surface area (Å²) in [6.07, 6.45) is 0. The molecule has 0 aliphatic heterocycles. The Hall–Kier alpha value is -2.18. The van der Waals surface area contributed by atoms with Crippen molar-refractivity contribution in [1.29, 1.82) is 0 Å². The van der Waals surface area contributed by atoms with E-state index in [4.69, 9.17) is 0 Å². The molecule has 0 fully saturated rings. The Labute approximate surface area is 149 Å². The van der Waals surface area contributed by atoms with Crippen molar-refractivity contribution in [2.45, 2.75) is 32.2 Å². The van der Waals surface area contributed by atoms with E-state index in [9.17, 15) is 13.2 Å². The third kappa shape index (κ3) is 4.08. The first kappa shape index (κ1) is 19.1. The molecule has 0 saturated heterocycles. The number of aryl methyl sites for hydroxylation is 2. The van der Waals surface area contributed by atoms with Crippen LogP contribution in [0.2, 0.25) is 0 Å². The Bertz CT molecular complexity index is 905. The highest BCUT2D eigenvalue weighted by Gasteiger charge is 2.21. The lowest BCUT2D eigenvalue weighted by molar-refractivity contribution is 0.0784. The smallest absolute Gasteiger partial charge is 0.253 e. The minimum atomic E-state index is -3.62. The number of nitrogens with zero attached hydrogens (tertiary/aromatic N) is 1. The zero-order valence-corrected chi connectivity index (χ0v) is 16.1. The van der Waals surface area contributed by atoms with E-state index < -0.39 is 10.0 Å². The van der Waals surface area contributed by atoms with Crippen LogP contribution in [0.15, 0.2) is 41.3 Å². The van der Waals surface area contributed by atoms with E-state index >= 15 is 0 Å². The zero-order valence-electron chi connectivity index (χ0n) is 15.3. The summed E-state index contributed by atoms with van der Waals surface area (Å²) in [6, 6.07) is 11.1. The predicted octanol–water partition coefficient (Wildman–Crippen LogP) is 2.79. The van der Waals surface area contributed by atoms with Crippen molar-refractivity contribution in [2.24, 2.45) is 0 Å². The van der Waals surface area contributed by atoms with Crippen LogP contribution in [0.4, 0.5) is 0 Å². The van der Waals surface area contributed by atoms with Crippen molar-refractivity contribution >= 4 is 15.9 Å². The number of carbonyl (C=O) groups excluding carboxylic acids is 1. The molecule has 0 spiro atoms. The molecule has 0 radical (unpaired) electrons. The van der Waals surface area contributed by atoms with Crippen molar-refractivity contribution in [3.63, 3.8) is 0 Å². The fourth-order valence-corrected chi connectivity index (χ4v) is 3.74. The number of benzene rings is 2. The number of nitrogens with one attached hydrogen (secondary N) is 1. The Balaban J connectivity index is 2.38. The number of carbonyl (C=O) groups is 1. The van der Waals surface area contributed by atoms with E-state index in [0.29, 0.717) is 17.7 Å². The second-order valence-electron chi connectivity index (χ2n) is 6.21. The van der Waals surface area contributed by atoms with Gasteiger partial charge in [-0.05, 0) is 62.2 Å². The molecule has 6 heteroatoms. The molecule has 2 aromatic carbocycles. The van der Waals surface area contributed by atoms with Gasteiger partial charge >= 0.3 is 0 Å². The molecule has 1 N–H and O–H groups in total. The summed E-state index contributed by atoms with van der Waals surface area (Å²) in [5.41, 5.74) is 3.95. The van der Waals surface area contributed by atoms with E-state index in [0.717, 1.165) is 16.7 Å². The summed E-state index contributed by atoms with van der Waals surface area (Å²) in [4.78, 5) is 14.5. The van der Waals surface area contributed by atoms with Crippen LogP contribution < -0.4 is 4.72 Å². The van der Waals surface area contributed by atoms with Gasteiger partial charge in [0.1, 0.15) is 0 Å². The molecule has 2 aromatic rings. The van der Waals surface area contributed by atoms with Crippen molar-refractivity contribution in [3.05, 3.63) is 64.2 Å². The normalized spacial score (nSPS) is 11.4. The van der Waals surface area contributed by atoms with Gasteiger partial charge < -0.3 is 4.90 Å². The topological polar surface area (TPSA) is 66.5 Å². The fourth-order valence-electron chi connectivity index (χ4n) is 2.67. The zero-order chi connectivity index (χ0) is 18.8. The van der Waals surface area contributed by atoms with Crippen molar-refractivity contribution < 1.29 is 13.2 Å². The quantitative estimate of drug-likeness (QED) is 0.892. The number of rotatable bonds is 5. The lowest BCUT2D eigenvalue weighted by Gasteiger charge is -2.20. The minimum absolute atomic E-state index is 0.141. The van der Waals surface area contributed by atoms with Crippen molar-refractivity contribution in [2.75, 3.05) is 14.1 Å². The van der Waals surface area contributed by atoms with E-state index in [-0.39, 0.29) is 10.8 Å². The molecule has 0 aliphatic carbocycles. The maximum Gasteiger partial charge on any atom is 0.253 e. The van der Waals surface area contributed by atoms with E-state index in [1.165, 1.54) is 13.1 Å². The van der Waals surface area contributed by atoms with E-state index in [2.05, 4.69) is 4.72 Å². The summed E-state index contributed by atoms with van der Waals surface area (Å²) in [5, 5.41) is 0.